The molecule has 1 fully saturated rings. The third-order valence-electron chi connectivity index (χ3n) is 6.23. The van der Waals surface area contributed by atoms with Gasteiger partial charge in [0.15, 0.2) is 9.84 Å². The minimum Gasteiger partial charge on any atom is -0.354 e. The van der Waals surface area contributed by atoms with Crippen LogP contribution in [0.3, 0.4) is 0 Å². The number of carbonyl (C=O) groups excluding carboxylic acids is 1. The molecule has 1 atom stereocenters. The molecule has 2 heterocycles. The number of nitrogens with one attached hydrogen (secondary N) is 1. The maximum absolute atomic E-state index is 13.5. The largest absolute Gasteiger partial charge is 0.417 e. The summed E-state index contributed by atoms with van der Waals surface area (Å²) in [6.07, 6.45) is -8.45. The van der Waals surface area contributed by atoms with Gasteiger partial charge in [-0.05, 0) is 36.2 Å². The fourth-order valence-corrected chi connectivity index (χ4v) is 6.13. The molecule has 40 heavy (non-hydrogen) atoms. The van der Waals surface area contributed by atoms with E-state index >= 15 is 0 Å². The average Bonchev–Trinajstić information content (AvgIpc) is 3.42. The number of rotatable bonds is 6. The van der Waals surface area contributed by atoms with Crippen LogP contribution in [-0.4, -0.2) is 42.6 Å². The van der Waals surface area contributed by atoms with E-state index in [2.05, 4.69) is 15.3 Å². The zero-order chi connectivity index (χ0) is 29.3. The Labute approximate surface area is 224 Å². The summed E-state index contributed by atoms with van der Waals surface area (Å²) in [5.41, 5.74) is -1.94. The van der Waals surface area contributed by atoms with Crippen LogP contribution in [-0.2, 0) is 28.7 Å². The number of carbonyl (C=O) groups is 1. The van der Waals surface area contributed by atoms with Crippen LogP contribution in [0.15, 0.2) is 59.6 Å². The van der Waals surface area contributed by atoms with Gasteiger partial charge in [0.2, 0.25) is 5.82 Å². The predicted octanol–water partition coefficient (Wildman–Crippen LogP) is 4.37. The Morgan fingerprint density at radius 2 is 1.73 bits per heavy atom. The summed E-state index contributed by atoms with van der Waals surface area (Å²) in [6.45, 7) is -0.476. The molecule has 210 valence electrons. The highest BCUT2D eigenvalue weighted by Gasteiger charge is 2.42. The molecule has 8 nitrogen and oxygen atoms in total. The summed E-state index contributed by atoms with van der Waals surface area (Å²) in [6, 6.07) is 9.66. The third-order valence-corrected chi connectivity index (χ3v) is 8.46. The van der Waals surface area contributed by atoms with Crippen LogP contribution in [0, 0.1) is 11.3 Å². The van der Waals surface area contributed by atoms with E-state index in [1.165, 1.54) is 23.1 Å². The lowest BCUT2D eigenvalue weighted by Gasteiger charge is -2.21. The molecule has 4 rings (SSSR count). The number of alkyl halides is 6. The van der Waals surface area contributed by atoms with Gasteiger partial charge in [-0.2, -0.15) is 31.6 Å². The van der Waals surface area contributed by atoms with Gasteiger partial charge in [-0.25, -0.2) is 18.4 Å². The third kappa shape index (κ3) is 6.01. The molecule has 1 unspecified atom stereocenters. The maximum Gasteiger partial charge on any atom is 0.417 e. The van der Waals surface area contributed by atoms with E-state index in [0.717, 1.165) is 30.5 Å². The van der Waals surface area contributed by atoms with E-state index in [-0.39, 0.29) is 43.3 Å². The van der Waals surface area contributed by atoms with Crippen LogP contribution in [0.1, 0.15) is 39.3 Å². The second kappa shape index (κ2) is 10.8. The molecule has 0 spiro atoms. The van der Waals surface area contributed by atoms with Gasteiger partial charge in [0.1, 0.15) is 17.5 Å². The lowest BCUT2D eigenvalue weighted by molar-refractivity contribution is -0.140. The van der Waals surface area contributed by atoms with Crippen LogP contribution in [0.4, 0.5) is 32.2 Å². The Hall–Kier alpha value is -4.19. The molecule has 1 aliphatic rings. The first-order chi connectivity index (χ1) is 18.7. The highest BCUT2D eigenvalue weighted by Crippen LogP contribution is 2.37. The van der Waals surface area contributed by atoms with E-state index in [4.69, 9.17) is 0 Å². The number of hydrogen-bond donors (Lipinski definition) is 1. The molecule has 1 aliphatic heterocycles. The van der Waals surface area contributed by atoms with Crippen LogP contribution in [0.2, 0.25) is 0 Å². The van der Waals surface area contributed by atoms with Gasteiger partial charge in [-0.3, -0.25) is 4.79 Å². The number of amides is 1. The maximum atomic E-state index is 13.5. The Bertz CT molecular complexity index is 1570. The van der Waals surface area contributed by atoms with Crippen LogP contribution in [0.25, 0.3) is 0 Å². The normalized spacial score (nSPS) is 16.0. The quantitative estimate of drug-likeness (QED) is 0.429. The highest BCUT2D eigenvalue weighted by molar-refractivity contribution is 7.92. The number of halogens is 6. The predicted molar refractivity (Wildman–Crippen MR) is 129 cm³/mol. The summed E-state index contributed by atoms with van der Waals surface area (Å²) in [5.74, 6) is -1.19. The Morgan fingerprint density at radius 3 is 2.35 bits per heavy atom. The van der Waals surface area contributed by atoms with E-state index in [9.17, 15) is 44.8 Å². The lowest BCUT2D eigenvalue weighted by Crippen LogP contribution is -2.31. The second-order valence-electron chi connectivity index (χ2n) is 8.82. The first-order valence-corrected chi connectivity index (χ1v) is 13.1. The van der Waals surface area contributed by atoms with Crippen LogP contribution >= 0.6 is 0 Å². The van der Waals surface area contributed by atoms with E-state index in [1.807, 2.05) is 0 Å². The van der Waals surface area contributed by atoms with Gasteiger partial charge in [-0.1, -0.05) is 24.3 Å². The van der Waals surface area contributed by atoms with Crippen molar-refractivity contribution in [3.63, 3.8) is 0 Å². The van der Waals surface area contributed by atoms with Crippen molar-refractivity contribution < 1.29 is 39.6 Å². The molecule has 1 N–H and O–H groups in total. The molecular weight excluding hydrogens is 564 g/mol. The minimum absolute atomic E-state index is 0.000845. The van der Waals surface area contributed by atoms with Crippen molar-refractivity contribution in [2.24, 2.45) is 0 Å². The lowest BCUT2D eigenvalue weighted by atomic mass is 10.1. The van der Waals surface area contributed by atoms with Crippen molar-refractivity contribution in [3.8, 4) is 6.07 Å². The van der Waals surface area contributed by atoms with Crippen molar-refractivity contribution in [1.29, 1.82) is 5.26 Å². The Balaban J connectivity index is 1.56. The average molecular weight is 584 g/mol. The van der Waals surface area contributed by atoms with Crippen molar-refractivity contribution in [2.75, 3.05) is 18.0 Å². The molecule has 15 heteroatoms. The first-order valence-electron chi connectivity index (χ1n) is 11.6. The van der Waals surface area contributed by atoms with Crippen LogP contribution in [0.5, 0.6) is 0 Å². The van der Waals surface area contributed by atoms with E-state index < -0.39 is 49.4 Å². The SMILES string of the molecule is N#Cc1ncc(C(=O)NCc2ccc(C(F)(F)F)cc2)c(N2CCC(S(=O)(=O)c3ccccc3C(F)(F)F)C2)n1. The molecule has 2 aromatic carbocycles. The molecule has 0 radical (unpaired) electrons. The summed E-state index contributed by atoms with van der Waals surface area (Å²) in [4.78, 5) is 21.3. The van der Waals surface area contributed by atoms with Gasteiger partial charge in [0.25, 0.3) is 5.91 Å². The number of aromatic nitrogens is 2. The topological polar surface area (TPSA) is 116 Å². The zero-order valence-electron chi connectivity index (χ0n) is 20.3. The number of sulfone groups is 1. The zero-order valence-corrected chi connectivity index (χ0v) is 21.1. The standard InChI is InChI=1S/C25H19F6N5O3S/c26-24(27,28)16-7-5-15(6-8-16)12-34-23(37)18-13-33-21(11-32)35-22(18)36-10-9-17(14-36)40(38,39)20-4-2-1-3-19(20)25(29,30)31/h1-8,13,17H,9-10,12,14H2,(H,34,37). The Kier molecular flexibility index (Phi) is 7.75. The number of nitrogens with zero attached hydrogens (tertiary/aromatic N) is 4. The molecule has 1 saturated heterocycles. The van der Waals surface area contributed by atoms with Crippen molar-refractivity contribution in [2.45, 2.75) is 35.5 Å². The van der Waals surface area contributed by atoms with Gasteiger partial charge >= 0.3 is 12.4 Å². The Morgan fingerprint density at radius 1 is 1.05 bits per heavy atom. The summed E-state index contributed by atoms with van der Waals surface area (Å²) < 4.78 is 105. The van der Waals surface area contributed by atoms with Gasteiger partial charge in [0, 0.05) is 25.8 Å². The molecule has 1 aromatic heterocycles. The highest BCUT2D eigenvalue weighted by atomic mass is 32.2. The monoisotopic (exact) mass is 583 g/mol. The molecule has 0 saturated carbocycles. The van der Waals surface area contributed by atoms with Gasteiger partial charge in [-0.15, -0.1) is 0 Å². The number of nitriles is 1. The fourth-order valence-electron chi connectivity index (χ4n) is 4.22. The molecule has 0 aliphatic carbocycles. The van der Waals surface area contributed by atoms with Gasteiger partial charge in [0.05, 0.1) is 21.3 Å². The summed E-state index contributed by atoms with van der Waals surface area (Å²) in [7, 11) is -4.45. The molecule has 3 aromatic rings. The summed E-state index contributed by atoms with van der Waals surface area (Å²) >= 11 is 0. The molecular formula is C25H19F6N5O3S. The smallest absolute Gasteiger partial charge is 0.354 e. The number of hydrogen-bond acceptors (Lipinski definition) is 7. The van der Waals surface area contributed by atoms with Crippen molar-refractivity contribution in [1.82, 2.24) is 15.3 Å². The van der Waals surface area contributed by atoms with E-state index in [1.54, 1.807) is 6.07 Å². The molecule has 1 amide bonds. The number of anilines is 1. The number of benzene rings is 2. The van der Waals surface area contributed by atoms with Crippen LogP contribution < -0.4 is 10.2 Å². The van der Waals surface area contributed by atoms with Crippen molar-refractivity contribution in [3.05, 3.63) is 82.8 Å². The van der Waals surface area contributed by atoms with Crippen molar-refractivity contribution >= 4 is 21.6 Å². The van der Waals surface area contributed by atoms with E-state index in [0.29, 0.717) is 11.6 Å². The second-order valence-corrected chi connectivity index (χ2v) is 11.0. The van der Waals surface area contributed by atoms with Gasteiger partial charge < -0.3 is 10.2 Å². The first kappa shape index (κ1) is 28.8. The minimum atomic E-state index is -4.89. The molecule has 0 bridgehead atoms. The fraction of sp³-hybridized carbons (Fsp3) is 0.280. The summed E-state index contributed by atoms with van der Waals surface area (Å²) in [5, 5.41) is 10.5.